The summed E-state index contributed by atoms with van der Waals surface area (Å²) in [4.78, 5) is 12.1. The Hall–Kier alpha value is -2.84. The summed E-state index contributed by atoms with van der Waals surface area (Å²) in [6.45, 7) is 0.174. The molecule has 132 valence electrons. The molecule has 0 aliphatic carbocycles. The standard InChI is InChI=1S/C21H20NO3P/c23-21(25-16-18-10-4-1-5-11-18)22-17-26(24,19-12-6-2-7-13-19)20-14-8-3-9-15-20/h1-15H,16-17H2,(H,22,23). The van der Waals surface area contributed by atoms with Gasteiger partial charge in [0.15, 0.2) is 7.14 Å². The normalized spacial score (nSPS) is 10.9. The molecule has 4 nitrogen and oxygen atoms in total. The number of carbonyl (C=O) groups is 1. The Kier molecular flexibility index (Phi) is 5.88. The van der Waals surface area contributed by atoms with E-state index in [-0.39, 0.29) is 12.9 Å². The smallest absolute Gasteiger partial charge is 0.407 e. The van der Waals surface area contributed by atoms with Crippen LogP contribution < -0.4 is 15.9 Å². The molecule has 3 aromatic rings. The zero-order valence-corrected chi connectivity index (χ0v) is 15.1. The topological polar surface area (TPSA) is 55.4 Å². The van der Waals surface area contributed by atoms with Crippen LogP contribution in [0.3, 0.4) is 0 Å². The van der Waals surface area contributed by atoms with Crippen LogP contribution in [0.5, 0.6) is 0 Å². The SMILES string of the molecule is O=C(NCP(=O)(c1ccccc1)c1ccccc1)OCc1ccccc1. The Morgan fingerprint density at radius 2 is 1.23 bits per heavy atom. The summed E-state index contributed by atoms with van der Waals surface area (Å²) >= 11 is 0. The molecule has 0 fully saturated rings. The number of alkyl carbamates (subject to hydrolysis) is 1. The largest absolute Gasteiger partial charge is 0.445 e. The fourth-order valence-electron chi connectivity index (χ4n) is 2.62. The van der Waals surface area contributed by atoms with Gasteiger partial charge in [0.25, 0.3) is 0 Å². The highest BCUT2D eigenvalue weighted by molar-refractivity contribution is 7.78. The van der Waals surface area contributed by atoms with E-state index in [0.29, 0.717) is 10.6 Å². The molecule has 0 heterocycles. The number of hydrogen-bond acceptors (Lipinski definition) is 3. The lowest BCUT2D eigenvalue weighted by Gasteiger charge is -2.19. The van der Waals surface area contributed by atoms with Crippen molar-refractivity contribution in [1.29, 1.82) is 0 Å². The van der Waals surface area contributed by atoms with Gasteiger partial charge in [-0.2, -0.15) is 0 Å². The summed E-state index contributed by atoms with van der Waals surface area (Å²) in [6.07, 6.45) is -0.574. The van der Waals surface area contributed by atoms with Gasteiger partial charge in [-0.1, -0.05) is 91.0 Å². The van der Waals surface area contributed by atoms with Crippen LogP contribution in [0.15, 0.2) is 91.0 Å². The molecule has 0 unspecified atom stereocenters. The number of ether oxygens (including phenoxy) is 1. The Morgan fingerprint density at radius 3 is 1.73 bits per heavy atom. The molecular formula is C21H20NO3P. The first kappa shape index (κ1) is 18.0. The summed E-state index contributed by atoms with van der Waals surface area (Å²) in [5, 5.41) is 4.07. The Bertz CT molecular complexity index is 839. The number of benzene rings is 3. The molecule has 0 spiro atoms. The highest BCUT2D eigenvalue weighted by Gasteiger charge is 2.27. The molecular weight excluding hydrogens is 345 g/mol. The first-order valence-electron chi connectivity index (χ1n) is 8.33. The summed E-state index contributed by atoms with van der Waals surface area (Å²) in [5.41, 5.74) is 0.900. The Morgan fingerprint density at radius 1 is 0.769 bits per heavy atom. The number of amides is 1. The van der Waals surface area contributed by atoms with Gasteiger partial charge >= 0.3 is 6.09 Å². The molecule has 5 heteroatoms. The van der Waals surface area contributed by atoms with Crippen LogP contribution in [0.2, 0.25) is 0 Å². The maximum atomic E-state index is 13.7. The zero-order valence-electron chi connectivity index (χ0n) is 14.2. The molecule has 26 heavy (non-hydrogen) atoms. The number of nitrogens with one attached hydrogen (secondary N) is 1. The van der Waals surface area contributed by atoms with E-state index >= 15 is 0 Å². The van der Waals surface area contributed by atoms with E-state index in [0.717, 1.165) is 5.56 Å². The van der Waals surface area contributed by atoms with Crippen LogP contribution in [-0.2, 0) is 15.9 Å². The summed E-state index contributed by atoms with van der Waals surface area (Å²) in [5.74, 6) is 0. The summed E-state index contributed by atoms with van der Waals surface area (Å²) in [6, 6.07) is 27.9. The van der Waals surface area contributed by atoms with E-state index in [9.17, 15) is 9.36 Å². The average Bonchev–Trinajstić information content (AvgIpc) is 2.72. The van der Waals surface area contributed by atoms with E-state index in [1.54, 1.807) is 0 Å². The minimum absolute atomic E-state index is 0.00858. The van der Waals surface area contributed by atoms with E-state index in [4.69, 9.17) is 4.74 Å². The lowest BCUT2D eigenvalue weighted by Crippen LogP contribution is -2.31. The molecule has 0 aromatic heterocycles. The highest BCUT2D eigenvalue weighted by Crippen LogP contribution is 2.41. The molecule has 0 radical (unpaired) electrons. The molecule has 3 aromatic carbocycles. The van der Waals surface area contributed by atoms with Gasteiger partial charge in [-0.3, -0.25) is 0 Å². The monoisotopic (exact) mass is 365 g/mol. The number of hydrogen-bond donors (Lipinski definition) is 1. The second kappa shape index (κ2) is 8.50. The van der Waals surface area contributed by atoms with Gasteiger partial charge in [-0.05, 0) is 5.56 Å². The fourth-order valence-corrected chi connectivity index (χ4v) is 4.94. The number of rotatable bonds is 6. The molecule has 0 saturated heterocycles. The zero-order chi connectivity index (χ0) is 18.2. The van der Waals surface area contributed by atoms with Crippen molar-refractivity contribution < 1.29 is 14.1 Å². The van der Waals surface area contributed by atoms with E-state index < -0.39 is 13.2 Å². The molecule has 0 bridgehead atoms. The summed E-state index contributed by atoms with van der Waals surface area (Å²) < 4.78 is 18.9. The van der Waals surface area contributed by atoms with Crippen molar-refractivity contribution in [3.8, 4) is 0 Å². The number of carbonyl (C=O) groups excluding carboxylic acids is 1. The second-order valence-electron chi connectivity index (χ2n) is 5.81. The minimum atomic E-state index is -2.99. The predicted molar refractivity (Wildman–Crippen MR) is 104 cm³/mol. The van der Waals surface area contributed by atoms with Crippen LogP contribution in [0.25, 0.3) is 0 Å². The third kappa shape index (κ3) is 4.41. The lowest BCUT2D eigenvalue weighted by atomic mass is 10.2. The van der Waals surface area contributed by atoms with Crippen molar-refractivity contribution in [1.82, 2.24) is 5.32 Å². The van der Waals surface area contributed by atoms with Gasteiger partial charge in [0.05, 0.1) is 6.29 Å². The maximum absolute atomic E-state index is 13.7. The van der Waals surface area contributed by atoms with Crippen molar-refractivity contribution in [2.24, 2.45) is 0 Å². The molecule has 1 N–H and O–H groups in total. The van der Waals surface area contributed by atoms with Gasteiger partial charge in [0, 0.05) is 10.6 Å². The van der Waals surface area contributed by atoms with Crippen molar-refractivity contribution >= 4 is 23.8 Å². The van der Waals surface area contributed by atoms with Crippen LogP contribution >= 0.6 is 7.14 Å². The third-order valence-electron chi connectivity index (χ3n) is 4.01. The van der Waals surface area contributed by atoms with Crippen molar-refractivity contribution in [2.75, 3.05) is 6.29 Å². The van der Waals surface area contributed by atoms with E-state index in [1.807, 2.05) is 91.0 Å². The third-order valence-corrected chi connectivity index (χ3v) is 6.87. The Labute approximate surface area is 153 Å². The van der Waals surface area contributed by atoms with Crippen molar-refractivity contribution in [3.05, 3.63) is 96.6 Å². The first-order chi connectivity index (χ1) is 12.7. The Balaban J connectivity index is 1.71. The van der Waals surface area contributed by atoms with Gasteiger partial charge in [-0.15, -0.1) is 0 Å². The van der Waals surface area contributed by atoms with Gasteiger partial charge in [0.1, 0.15) is 6.61 Å². The van der Waals surface area contributed by atoms with Crippen LogP contribution in [-0.4, -0.2) is 12.4 Å². The van der Waals surface area contributed by atoms with Gasteiger partial charge in [-0.25, -0.2) is 4.79 Å². The predicted octanol–water partition coefficient (Wildman–Crippen LogP) is 3.88. The molecule has 0 atom stereocenters. The maximum Gasteiger partial charge on any atom is 0.407 e. The van der Waals surface area contributed by atoms with E-state index in [1.165, 1.54) is 0 Å². The molecule has 1 amide bonds. The van der Waals surface area contributed by atoms with E-state index in [2.05, 4.69) is 5.32 Å². The highest BCUT2D eigenvalue weighted by atomic mass is 31.2. The minimum Gasteiger partial charge on any atom is -0.445 e. The van der Waals surface area contributed by atoms with Crippen molar-refractivity contribution in [3.63, 3.8) is 0 Å². The fraction of sp³-hybridized carbons (Fsp3) is 0.0952. The van der Waals surface area contributed by atoms with Crippen LogP contribution in [0.4, 0.5) is 4.79 Å². The second-order valence-corrected chi connectivity index (χ2v) is 8.64. The van der Waals surface area contributed by atoms with Crippen LogP contribution in [0, 0.1) is 0 Å². The van der Waals surface area contributed by atoms with Gasteiger partial charge in [0.2, 0.25) is 0 Å². The molecule has 0 aliphatic heterocycles. The molecule has 0 aliphatic rings. The van der Waals surface area contributed by atoms with Crippen LogP contribution in [0.1, 0.15) is 5.56 Å². The summed E-state index contributed by atoms with van der Waals surface area (Å²) in [7, 11) is -2.99. The lowest BCUT2D eigenvalue weighted by molar-refractivity contribution is 0.141. The van der Waals surface area contributed by atoms with Gasteiger partial charge < -0.3 is 14.6 Å². The molecule has 0 saturated carbocycles. The van der Waals surface area contributed by atoms with Crippen molar-refractivity contribution in [2.45, 2.75) is 6.61 Å². The molecule has 3 rings (SSSR count). The quantitative estimate of drug-likeness (QED) is 0.675. The first-order valence-corrected chi connectivity index (χ1v) is 10.2. The average molecular weight is 365 g/mol.